The summed E-state index contributed by atoms with van der Waals surface area (Å²) < 4.78 is 0. The third kappa shape index (κ3) is 4.96. The number of benzene rings is 2. The molecule has 8 nitrogen and oxygen atoms in total. The monoisotopic (exact) mass is 340 g/mol. The van der Waals surface area contributed by atoms with Crippen LogP contribution in [0, 0.1) is 10.1 Å². The van der Waals surface area contributed by atoms with E-state index in [4.69, 9.17) is 0 Å². The van der Waals surface area contributed by atoms with Crippen LogP contribution in [0.3, 0.4) is 0 Å². The van der Waals surface area contributed by atoms with Crippen LogP contribution in [0.1, 0.15) is 29.8 Å². The highest BCUT2D eigenvalue weighted by Crippen LogP contribution is 2.12. The van der Waals surface area contributed by atoms with Crippen LogP contribution in [0.15, 0.2) is 53.6 Å². The first-order valence-corrected chi connectivity index (χ1v) is 7.34. The quantitative estimate of drug-likeness (QED) is 0.495. The fraction of sp³-hybridized carbons (Fsp3) is 0.118. The van der Waals surface area contributed by atoms with Gasteiger partial charge in [-0.25, -0.2) is 5.43 Å². The van der Waals surface area contributed by atoms with Crippen molar-refractivity contribution in [2.24, 2.45) is 5.10 Å². The minimum atomic E-state index is -0.533. The highest BCUT2D eigenvalue weighted by Gasteiger charge is 2.09. The Bertz CT molecular complexity index is 827. The molecule has 0 atom stereocenters. The number of nitrogens with one attached hydrogen (secondary N) is 2. The van der Waals surface area contributed by atoms with Crippen molar-refractivity contribution in [3.63, 3.8) is 0 Å². The van der Waals surface area contributed by atoms with Gasteiger partial charge in [0.15, 0.2) is 0 Å². The smallest absolute Gasteiger partial charge is 0.271 e. The largest absolute Gasteiger partial charge is 0.326 e. The van der Waals surface area contributed by atoms with E-state index in [-0.39, 0.29) is 17.2 Å². The molecule has 2 aromatic rings. The van der Waals surface area contributed by atoms with Gasteiger partial charge in [-0.15, -0.1) is 0 Å². The third-order valence-electron chi connectivity index (χ3n) is 3.29. The molecule has 0 saturated heterocycles. The van der Waals surface area contributed by atoms with Crippen molar-refractivity contribution in [2.45, 2.75) is 13.8 Å². The Kier molecular flexibility index (Phi) is 5.57. The normalized spacial score (nSPS) is 10.9. The predicted molar refractivity (Wildman–Crippen MR) is 93.5 cm³/mol. The van der Waals surface area contributed by atoms with Crippen LogP contribution in [0.25, 0.3) is 0 Å². The molecule has 0 aliphatic heterocycles. The minimum absolute atomic E-state index is 0.0875. The molecule has 0 fully saturated rings. The van der Waals surface area contributed by atoms with E-state index in [0.29, 0.717) is 11.4 Å². The molecule has 0 radical (unpaired) electrons. The summed E-state index contributed by atoms with van der Waals surface area (Å²) in [5.74, 6) is -0.627. The third-order valence-corrected chi connectivity index (χ3v) is 3.29. The van der Waals surface area contributed by atoms with Gasteiger partial charge in [0, 0.05) is 30.3 Å². The van der Waals surface area contributed by atoms with E-state index < -0.39 is 10.8 Å². The van der Waals surface area contributed by atoms with Crippen LogP contribution in [0.5, 0.6) is 0 Å². The molecule has 0 bridgehead atoms. The molecule has 25 heavy (non-hydrogen) atoms. The van der Waals surface area contributed by atoms with Crippen LogP contribution in [-0.2, 0) is 4.79 Å². The number of carbonyl (C=O) groups excluding carboxylic acids is 2. The van der Waals surface area contributed by atoms with Gasteiger partial charge in [-0.3, -0.25) is 19.7 Å². The summed E-state index contributed by atoms with van der Waals surface area (Å²) in [6.07, 6.45) is 0. The fourth-order valence-electron chi connectivity index (χ4n) is 2.00. The lowest BCUT2D eigenvalue weighted by atomic mass is 10.1. The van der Waals surface area contributed by atoms with E-state index in [1.165, 1.54) is 31.2 Å². The van der Waals surface area contributed by atoms with Crippen LogP contribution in [0.4, 0.5) is 11.4 Å². The van der Waals surface area contributed by atoms with Crippen molar-refractivity contribution in [3.05, 3.63) is 69.8 Å². The lowest BCUT2D eigenvalue weighted by molar-refractivity contribution is -0.384. The SMILES string of the molecule is CC(=O)Nc1ccc(/C(C)=N/NC(=O)c2ccc([N+](=O)[O-])cc2)cc1. The number of hydrogen-bond donors (Lipinski definition) is 2. The topological polar surface area (TPSA) is 114 Å². The van der Waals surface area contributed by atoms with E-state index in [9.17, 15) is 19.7 Å². The first kappa shape index (κ1) is 17.8. The number of carbonyl (C=O) groups is 2. The van der Waals surface area contributed by atoms with E-state index in [2.05, 4.69) is 15.8 Å². The number of nitro benzene ring substituents is 1. The van der Waals surface area contributed by atoms with Crippen LogP contribution in [0.2, 0.25) is 0 Å². The number of amides is 2. The van der Waals surface area contributed by atoms with Crippen molar-refractivity contribution in [3.8, 4) is 0 Å². The number of nitro groups is 1. The van der Waals surface area contributed by atoms with Gasteiger partial charge >= 0.3 is 0 Å². The number of anilines is 1. The van der Waals surface area contributed by atoms with Gasteiger partial charge in [0.2, 0.25) is 5.91 Å². The zero-order valence-corrected chi connectivity index (χ0v) is 13.6. The molecular formula is C17H16N4O4. The Balaban J connectivity index is 2.03. The number of hydrazone groups is 1. The van der Waals surface area contributed by atoms with Gasteiger partial charge in [0.1, 0.15) is 0 Å². The lowest BCUT2D eigenvalue weighted by Crippen LogP contribution is -2.19. The Morgan fingerprint density at radius 2 is 1.52 bits per heavy atom. The van der Waals surface area contributed by atoms with Crippen molar-refractivity contribution < 1.29 is 14.5 Å². The second-order valence-corrected chi connectivity index (χ2v) is 5.20. The summed E-state index contributed by atoms with van der Waals surface area (Å²) >= 11 is 0. The number of hydrogen-bond acceptors (Lipinski definition) is 5. The highest BCUT2D eigenvalue weighted by atomic mass is 16.6. The van der Waals surface area contributed by atoms with Crippen LogP contribution >= 0.6 is 0 Å². The van der Waals surface area contributed by atoms with E-state index in [1.807, 2.05) is 0 Å². The van der Waals surface area contributed by atoms with Crippen LogP contribution in [-0.4, -0.2) is 22.4 Å². The molecule has 0 aliphatic carbocycles. The summed E-state index contributed by atoms with van der Waals surface area (Å²) in [7, 11) is 0. The lowest BCUT2D eigenvalue weighted by Gasteiger charge is -2.05. The summed E-state index contributed by atoms with van der Waals surface area (Å²) in [6.45, 7) is 3.15. The number of nitrogens with zero attached hydrogens (tertiary/aromatic N) is 2. The molecule has 2 rings (SSSR count). The molecule has 0 spiro atoms. The molecule has 2 amide bonds. The van der Waals surface area contributed by atoms with Gasteiger partial charge in [-0.05, 0) is 36.8 Å². The Hall–Kier alpha value is -3.55. The molecule has 0 aromatic heterocycles. The van der Waals surface area contributed by atoms with Gasteiger partial charge in [0.05, 0.1) is 10.6 Å². The molecule has 0 unspecified atom stereocenters. The summed E-state index contributed by atoms with van der Waals surface area (Å²) in [5.41, 5.74) is 4.60. The second kappa shape index (κ2) is 7.82. The van der Waals surface area contributed by atoms with Crippen molar-refractivity contribution in [1.82, 2.24) is 5.43 Å². The average Bonchev–Trinajstić information content (AvgIpc) is 2.59. The molecule has 2 aromatic carbocycles. The number of rotatable bonds is 5. The minimum Gasteiger partial charge on any atom is -0.326 e. The van der Waals surface area contributed by atoms with E-state index >= 15 is 0 Å². The Morgan fingerprint density at radius 1 is 0.960 bits per heavy atom. The van der Waals surface area contributed by atoms with Gasteiger partial charge < -0.3 is 5.32 Å². The summed E-state index contributed by atoms with van der Waals surface area (Å²) in [6, 6.07) is 12.2. The van der Waals surface area contributed by atoms with Gasteiger partial charge in [0.25, 0.3) is 11.6 Å². The van der Waals surface area contributed by atoms with E-state index in [0.717, 1.165) is 5.56 Å². The van der Waals surface area contributed by atoms with E-state index in [1.54, 1.807) is 31.2 Å². The zero-order valence-electron chi connectivity index (χ0n) is 13.6. The van der Waals surface area contributed by atoms with Crippen molar-refractivity contribution in [1.29, 1.82) is 0 Å². The molecular weight excluding hydrogens is 324 g/mol. The predicted octanol–water partition coefficient (Wildman–Crippen LogP) is 2.71. The maximum Gasteiger partial charge on any atom is 0.271 e. The van der Waals surface area contributed by atoms with Gasteiger partial charge in [-0.2, -0.15) is 5.10 Å². The summed E-state index contributed by atoms with van der Waals surface area (Å²) in [5, 5.41) is 17.3. The first-order valence-electron chi connectivity index (χ1n) is 7.34. The molecule has 0 heterocycles. The number of non-ortho nitro benzene ring substituents is 1. The molecule has 128 valence electrons. The van der Waals surface area contributed by atoms with Crippen molar-refractivity contribution in [2.75, 3.05) is 5.32 Å². The standard InChI is InChI=1S/C17H16N4O4/c1-11(13-3-7-15(8-4-13)18-12(2)22)19-20-17(23)14-5-9-16(10-6-14)21(24)25/h3-10H,1-2H3,(H,18,22)(H,20,23)/b19-11+. The van der Waals surface area contributed by atoms with Gasteiger partial charge in [-0.1, -0.05) is 12.1 Å². The Morgan fingerprint density at radius 3 is 2.04 bits per heavy atom. The highest BCUT2D eigenvalue weighted by molar-refractivity contribution is 6.01. The molecule has 0 saturated carbocycles. The molecule has 8 heteroatoms. The van der Waals surface area contributed by atoms with Crippen molar-refractivity contribution >= 4 is 28.9 Å². The fourth-order valence-corrected chi connectivity index (χ4v) is 2.00. The average molecular weight is 340 g/mol. The maximum absolute atomic E-state index is 12.0. The molecule has 2 N–H and O–H groups in total. The second-order valence-electron chi connectivity index (χ2n) is 5.20. The zero-order chi connectivity index (χ0) is 18.4. The van der Waals surface area contributed by atoms with Crippen LogP contribution < -0.4 is 10.7 Å². The maximum atomic E-state index is 12.0. The summed E-state index contributed by atoms with van der Waals surface area (Å²) in [4.78, 5) is 33.0. The first-order chi connectivity index (χ1) is 11.9. The molecule has 0 aliphatic rings. The Labute approximate surface area is 143 Å².